The number of carbonyl (C=O) groups excluding carboxylic acids is 14. The summed E-state index contributed by atoms with van der Waals surface area (Å²) >= 11 is 0.989. The fourth-order valence-corrected chi connectivity index (χ4v) is 15.0. The van der Waals surface area contributed by atoms with E-state index in [1.54, 1.807) is 37.7 Å². The van der Waals surface area contributed by atoms with E-state index in [2.05, 4.69) is 53.2 Å². The second-order valence-electron chi connectivity index (χ2n) is 31.9. The van der Waals surface area contributed by atoms with Crippen molar-refractivity contribution in [2.75, 3.05) is 160 Å². The van der Waals surface area contributed by atoms with E-state index in [1.165, 1.54) is 28.3 Å². The number of ether oxygens (including phenoxy) is 11. The highest BCUT2D eigenvalue weighted by atomic mass is 32.2. The number of methoxy groups -OCH3 is 3. The van der Waals surface area contributed by atoms with E-state index in [0.717, 1.165) is 22.2 Å². The average Bonchev–Trinajstić information content (AvgIpc) is 1.75. The normalized spacial score (nSPS) is 17.1. The number of aliphatic hydroxyl groups excluding tert-OH is 2. The van der Waals surface area contributed by atoms with Crippen LogP contribution in [0.25, 0.3) is 0 Å². The van der Waals surface area contributed by atoms with Gasteiger partial charge in [0.15, 0.2) is 12.6 Å². The number of benzene rings is 1. The van der Waals surface area contributed by atoms with Crippen molar-refractivity contribution in [3.05, 3.63) is 35.9 Å². The molecular weight excluding hydrogens is 1710 g/mol. The molecule has 2 heterocycles. The molecule has 1 aromatic rings. The van der Waals surface area contributed by atoms with Crippen molar-refractivity contribution in [3.8, 4) is 0 Å². The second-order valence-corrected chi connectivity index (χ2v) is 33.1. The van der Waals surface area contributed by atoms with Crippen LogP contribution in [0.1, 0.15) is 145 Å². The lowest BCUT2D eigenvalue weighted by atomic mass is 9.89. The quantitative estimate of drug-likeness (QED) is 0.0124. The lowest BCUT2D eigenvalue weighted by Crippen LogP contribution is -2.59. The maximum Gasteiger partial charge on any atom is 0.407 e. The molecule has 7 unspecified atom stereocenters. The van der Waals surface area contributed by atoms with E-state index < -0.39 is 176 Å². The third kappa shape index (κ3) is 43.2. The Bertz CT molecular complexity index is 3600. The summed E-state index contributed by atoms with van der Waals surface area (Å²) in [4.78, 5) is 199. The highest BCUT2D eigenvalue weighted by molar-refractivity contribution is 8.00. The predicted molar refractivity (Wildman–Crippen MR) is 469 cm³/mol. The number of likely N-dealkylation sites (tertiary alicyclic amines) is 2. The minimum atomic E-state index is -1.22. The smallest absolute Gasteiger partial charge is 0.407 e. The number of likely N-dealkylation sites (N-methyl/N-ethyl adjacent to an activating group) is 2. The number of imide groups is 1. The molecule has 44 heteroatoms. The van der Waals surface area contributed by atoms with Gasteiger partial charge in [0.05, 0.1) is 113 Å². The van der Waals surface area contributed by atoms with Crippen LogP contribution < -0.4 is 58.9 Å². The van der Waals surface area contributed by atoms with Gasteiger partial charge in [0.25, 0.3) is 0 Å². The van der Waals surface area contributed by atoms with Crippen LogP contribution in [0.15, 0.2) is 30.3 Å². The number of nitrogens with zero attached hydrogens (tertiary/aromatic N) is 3. The molecule has 16 atom stereocenters. The number of esters is 1. The zero-order valence-electron chi connectivity index (χ0n) is 77.2. The second kappa shape index (κ2) is 63.9. The molecule has 2 fully saturated rings. The summed E-state index contributed by atoms with van der Waals surface area (Å²) in [6.45, 7) is 15.1. The largest absolute Gasteiger partial charge is 0.480 e. The lowest BCUT2D eigenvalue weighted by molar-refractivity contribution is -0.209. The summed E-state index contributed by atoms with van der Waals surface area (Å²) in [6, 6.07) is 3.29. The Balaban J connectivity index is 1.34. The Morgan fingerprint density at radius 1 is 0.620 bits per heavy atom. The van der Waals surface area contributed by atoms with Crippen molar-refractivity contribution < 1.29 is 139 Å². The minimum Gasteiger partial charge on any atom is -0.480 e. The van der Waals surface area contributed by atoms with Crippen LogP contribution >= 0.6 is 11.8 Å². The monoisotopic (exact) mass is 1860 g/mol. The summed E-state index contributed by atoms with van der Waals surface area (Å²) < 4.78 is 61.4. The molecule has 0 aromatic heterocycles. The number of nitrogens with two attached hydrogens (primary N) is 1. The molecule has 15 N–H and O–H groups in total. The van der Waals surface area contributed by atoms with Crippen LogP contribution in [0.4, 0.5) is 9.59 Å². The maximum absolute atomic E-state index is 14.6. The summed E-state index contributed by atoms with van der Waals surface area (Å²) in [6.07, 6.45) is -5.69. The predicted octanol–water partition coefficient (Wildman–Crippen LogP) is -0.889. The highest BCUT2D eigenvalue weighted by Gasteiger charge is 2.45. The van der Waals surface area contributed by atoms with E-state index in [1.807, 2.05) is 71.9 Å². The number of carboxylic acids is 1. The minimum absolute atomic E-state index is 0.0157. The SMILES string of the molecule is CCC(CO)OC(COC(=O)NCCC(=O)NCCNC(=O)CCOCCOCCNC(=O)CCN1C(=O)CC(SCC(N)C(=O)O)C1=O)OCCC(CO)OC(COC(=O)NCCC(=O)N[C@@H](C)C(=O)OCCCNC(=O)[C@H](Cc1ccccc1)NC(=O)[C@H](C)[C@@H](OC)[C@@H]1CCCN1C(=O)C[C@@H](OC)[C@H](C(C)CC)N(C)C(=O)[C@@H](NC(=O)[C@@H](NC)C(C)C)C(C)C)OC. The van der Waals surface area contributed by atoms with Gasteiger partial charge in [-0.05, 0) is 69.4 Å². The Labute approximate surface area is 760 Å². The molecule has 43 nitrogen and oxygen atoms in total. The molecule has 129 heavy (non-hydrogen) atoms. The number of aliphatic hydroxyl groups is 2. The van der Waals surface area contributed by atoms with E-state index >= 15 is 0 Å². The number of alkyl carbamates (subject to hydrolysis) is 2. The number of aliphatic carboxylic acids is 1. The summed E-state index contributed by atoms with van der Waals surface area (Å²) in [5.41, 5.74) is 6.24. The average molecular weight is 1860 g/mol. The molecule has 0 spiro atoms. The first-order chi connectivity index (χ1) is 61.5. The van der Waals surface area contributed by atoms with Gasteiger partial charge in [0.2, 0.25) is 65.0 Å². The topological polar surface area (TPSA) is 574 Å². The van der Waals surface area contributed by atoms with Gasteiger partial charge in [0, 0.05) is 125 Å². The molecular formula is C85H144N14O29S. The van der Waals surface area contributed by atoms with Crippen molar-refractivity contribution in [1.82, 2.24) is 67.9 Å². The third-order valence-electron chi connectivity index (χ3n) is 21.5. The van der Waals surface area contributed by atoms with Gasteiger partial charge in [-0.1, -0.05) is 92.1 Å². The Kier molecular flexibility index (Phi) is 56.5. The maximum atomic E-state index is 14.6. The van der Waals surface area contributed by atoms with Gasteiger partial charge >= 0.3 is 24.1 Å². The van der Waals surface area contributed by atoms with Gasteiger partial charge in [-0.25, -0.2) is 14.4 Å². The van der Waals surface area contributed by atoms with Crippen LogP contribution in [-0.4, -0.2) is 363 Å². The van der Waals surface area contributed by atoms with E-state index in [-0.39, 0.29) is 197 Å². The third-order valence-corrected chi connectivity index (χ3v) is 22.8. The molecule has 0 radical (unpaired) electrons. The highest BCUT2D eigenvalue weighted by Crippen LogP contribution is 2.31. The van der Waals surface area contributed by atoms with Crippen LogP contribution in [0.5, 0.6) is 0 Å². The van der Waals surface area contributed by atoms with E-state index in [4.69, 9.17) is 62.9 Å². The van der Waals surface area contributed by atoms with Crippen LogP contribution in [-0.2, 0) is 121 Å². The van der Waals surface area contributed by atoms with Gasteiger partial charge < -0.3 is 136 Å². The number of nitrogens with one attached hydrogen (secondary N) is 10. The summed E-state index contributed by atoms with van der Waals surface area (Å²) in [5.74, 6) is -7.90. The van der Waals surface area contributed by atoms with Crippen LogP contribution in [0, 0.1) is 23.7 Å². The first-order valence-corrected chi connectivity index (χ1v) is 45.1. The molecule has 13 amide bonds. The number of thioether (sulfide) groups is 1. The standard InChI is InChI=1S/C85H144N14O29S/c1-15-54(7)75(97(11)81(112)74(53(5)6)96-79(110)73(87-10)52(3)4)63(118-12)45-69(106)98-36-20-24-62(98)76(120-14)55(8)77(108)95-61(44-57-22-18-17-19-23-57)78(109)91-30-21-38-124-83(115)56(9)94-68(105)26-32-93-84(116)125-49-71(119-13)128-59(48-101)28-40-123-72(127-58(16-2)47-100)50-126-85(117)92-31-25-65(102)88-33-34-89-67(104)29-39-121-42-43-122-41-35-90-66(103)27-37-99-70(107)46-64(80(99)111)129-51-60(86)82(113)114/h17-19,22-23,52-56,58-64,71-76,87,100-101H,15-16,20-21,24-51,86H2,1-14H3,(H,88,102)(H,89,104)(H,90,103)(H,91,109)(H,92,117)(H,93,116)(H,94,105)(H,95,108)(H,96,110)(H,113,114)/t54?,55-,56+,58?,59?,60?,61+,62+,63-,64?,71?,72?,73+,74+,75+,76-/m1/s1. The van der Waals surface area contributed by atoms with Crippen molar-refractivity contribution in [2.24, 2.45) is 29.4 Å². The number of hydrogen-bond donors (Lipinski definition) is 14. The first-order valence-electron chi connectivity index (χ1n) is 44.1. The molecule has 1 aromatic carbocycles. The fourth-order valence-electron chi connectivity index (χ4n) is 13.9. The number of amides is 13. The molecule has 2 aliphatic rings. The van der Waals surface area contributed by atoms with Gasteiger partial charge in [-0.3, -0.25) is 62.4 Å². The van der Waals surface area contributed by atoms with Gasteiger partial charge in [-0.15, -0.1) is 11.8 Å². The molecule has 0 aliphatic carbocycles. The molecule has 0 saturated carbocycles. The molecule has 734 valence electrons. The Hall–Kier alpha value is -9.06. The van der Waals surface area contributed by atoms with Crippen molar-refractivity contribution in [2.45, 2.75) is 230 Å². The lowest BCUT2D eigenvalue weighted by Gasteiger charge is -2.41. The molecule has 3 rings (SSSR count). The van der Waals surface area contributed by atoms with Gasteiger partial charge in [-0.2, -0.15) is 0 Å². The molecule has 2 aliphatic heterocycles. The van der Waals surface area contributed by atoms with Crippen LogP contribution in [0.2, 0.25) is 0 Å². The number of hydrogen-bond acceptors (Lipinski definition) is 31. The van der Waals surface area contributed by atoms with Gasteiger partial charge in [0.1, 0.15) is 37.4 Å². The van der Waals surface area contributed by atoms with Crippen molar-refractivity contribution in [3.63, 3.8) is 0 Å². The molecule has 2 saturated heterocycles. The number of carbonyl (C=O) groups is 15. The fraction of sp³-hybridized carbons (Fsp3) is 0.753. The van der Waals surface area contributed by atoms with Crippen molar-refractivity contribution >= 4 is 101 Å². The number of rotatable bonds is 68. The van der Waals surface area contributed by atoms with E-state index in [9.17, 15) is 82.1 Å². The summed E-state index contributed by atoms with van der Waals surface area (Å²) in [5, 5.41) is 55.1. The zero-order valence-corrected chi connectivity index (χ0v) is 78.0. The number of carboxylic acid groups (broad SMARTS) is 1. The summed E-state index contributed by atoms with van der Waals surface area (Å²) in [7, 11) is 7.62. The van der Waals surface area contributed by atoms with Crippen molar-refractivity contribution in [1.29, 1.82) is 0 Å². The first kappa shape index (κ1) is 114. The molecule has 0 bridgehead atoms. The Morgan fingerprint density at radius 2 is 1.22 bits per heavy atom. The Morgan fingerprint density at radius 3 is 1.81 bits per heavy atom. The van der Waals surface area contributed by atoms with E-state index in [0.29, 0.717) is 32.2 Å². The van der Waals surface area contributed by atoms with Crippen LogP contribution in [0.3, 0.4) is 0 Å². The zero-order chi connectivity index (χ0) is 96.1.